The zero-order valence-electron chi connectivity index (χ0n) is 7.25. The van der Waals surface area contributed by atoms with Crippen molar-refractivity contribution in [2.24, 2.45) is 5.73 Å². The van der Waals surface area contributed by atoms with Crippen LogP contribution in [-0.4, -0.2) is 22.9 Å². The van der Waals surface area contributed by atoms with Crippen LogP contribution in [0.25, 0.3) is 0 Å². The van der Waals surface area contributed by atoms with E-state index in [-0.39, 0.29) is 5.97 Å². The standard InChI is InChI=1S/C8H15NO3/c1-6(10)12-8(9)4-2-3-7(11)5-8/h7,11H,2-5,9H2,1H3/t7-,8?/m0/s1. The first-order chi connectivity index (χ1) is 5.52. The van der Waals surface area contributed by atoms with Crippen molar-refractivity contribution in [3.05, 3.63) is 0 Å². The Morgan fingerprint density at radius 1 is 1.75 bits per heavy atom. The Balaban J connectivity index is 2.51. The fourth-order valence-electron chi connectivity index (χ4n) is 1.62. The van der Waals surface area contributed by atoms with Crippen molar-refractivity contribution < 1.29 is 14.6 Å². The Kier molecular flexibility index (Phi) is 2.69. The summed E-state index contributed by atoms with van der Waals surface area (Å²) in [5.41, 5.74) is 4.82. The fourth-order valence-corrected chi connectivity index (χ4v) is 1.62. The number of hydrogen-bond donors (Lipinski definition) is 2. The summed E-state index contributed by atoms with van der Waals surface area (Å²) in [7, 11) is 0. The SMILES string of the molecule is CC(=O)OC1(N)CCC[C@H](O)C1. The van der Waals surface area contributed by atoms with Crippen molar-refractivity contribution >= 4 is 5.97 Å². The van der Waals surface area contributed by atoms with Crippen LogP contribution < -0.4 is 5.73 Å². The minimum absolute atomic E-state index is 0.354. The van der Waals surface area contributed by atoms with Crippen molar-refractivity contribution in [2.45, 2.75) is 44.4 Å². The van der Waals surface area contributed by atoms with E-state index in [0.29, 0.717) is 12.8 Å². The van der Waals surface area contributed by atoms with Gasteiger partial charge < -0.3 is 9.84 Å². The van der Waals surface area contributed by atoms with E-state index in [9.17, 15) is 9.90 Å². The van der Waals surface area contributed by atoms with Crippen LogP contribution in [0.2, 0.25) is 0 Å². The maximum Gasteiger partial charge on any atom is 0.304 e. The molecular formula is C8H15NO3. The maximum atomic E-state index is 10.6. The van der Waals surface area contributed by atoms with Crippen molar-refractivity contribution in [1.82, 2.24) is 0 Å². The summed E-state index contributed by atoms with van der Waals surface area (Å²) in [6.45, 7) is 1.33. The highest BCUT2D eigenvalue weighted by Crippen LogP contribution is 2.27. The Bertz CT molecular complexity index is 183. The predicted molar refractivity (Wildman–Crippen MR) is 43.2 cm³/mol. The van der Waals surface area contributed by atoms with Gasteiger partial charge in [-0.25, -0.2) is 0 Å². The average molecular weight is 173 g/mol. The van der Waals surface area contributed by atoms with E-state index in [4.69, 9.17) is 10.5 Å². The molecule has 0 aromatic heterocycles. The molecule has 4 nitrogen and oxygen atoms in total. The lowest BCUT2D eigenvalue weighted by atomic mass is 9.90. The molecule has 0 amide bonds. The Hall–Kier alpha value is -0.610. The fraction of sp³-hybridized carbons (Fsp3) is 0.875. The topological polar surface area (TPSA) is 72.5 Å². The smallest absolute Gasteiger partial charge is 0.304 e. The largest absolute Gasteiger partial charge is 0.444 e. The first-order valence-electron chi connectivity index (χ1n) is 4.18. The summed E-state index contributed by atoms with van der Waals surface area (Å²) in [5.74, 6) is -0.383. The molecule has 70 valence electrons. The minimum atomic E-state index is -0.927. The number of carbonyl (C=O) groups is 1. The van der Waals surface area contributed by atoms with E-state index in [0.717, 1.165) is 12.8 Å². The number of hydrogen-bond acceptors (Lipinski definition) is 4. The summed E-state index contributed by atoms with van der Waals surface area (Å²) in [5, 5.41) is 9.29. The van der Waals surface area contributed by atoms with Gasteiger partial charge in [-0.15, -0.1) is 0 Å². The summed E-state index contributed by atoms with van der Waals surface area (Å²) in [6.07, 6.45) is 2.13. The third-order valence-electron chi connectivity index (χ3n) is 2.07. The lowest BCUT2D eigenvalue weighted by Gasteiger charge is -2.34. The molecule has 0 aliphatic heterocycles. The highest BCUT2D eigenvalue weighted by atomic mass is 16.6. The number of rotatable bonds is 1. The quantitative estimate of drug-likeness (QED) is 0.437. The summed E-state index contributed by atoms with van der Waals surface area (Å²) < 4.78 is 4.93. The lowest BCUT2D eigenvalue weighted by molar-refractivity contribution is -0.163. The molecule has 3 N–H and O–H groups in total. The number of aliphatic hydroxyl groups excluding tert-OH is 1. The second kappa shape index (κ2) is 3.41. The number of carbonyl (C=O) groups excluding carboxylic acids is 1. The number of nitrogens with two attached hydrogens (primary N) is 1. The molecule has 4 heteroatoms. The van der Waals surface area contributed by atoms with Crippen LogP contribution >= 0.6 is 0 Å². The summed E-state index contributed by atoms with van der Waals surface area (Å²) in [4.78, 5) is 10.6. The molecular weight excluding hydrogens is 158 g/mol. The zero-order chi connectivity index (χ0) is 9.19. The number of esters is 1. The number of aliphatic hydroxyl groups is 1. The van der Waals surface area contributed by atoms with Crippen molar-refractivity contribution in [3.63, 3.8) is 0 Å². The van der Waals surface area contributed by atoms with Gasteiger partial charge in [0.15, 0.2) is 5.72 Å². The average Bonchev–Trinajstić information content (AvgIpc) is 1.82. The monoisotopic (exact) mass is 173 g/mol. The summed E-state index contributed by atoms with van der Waals surface area (Å²) >= 11 is 0. The Labute approximate surface area is 71.7 Å². The van der Waals surface area contributed by atoms with E-state index in [1.807, 2.05) is 0 Å². The molecule has 0 bridgehead atoms. The molecule has 1 aliphatic rings. The number of ether oxygens (including phenoxy) is 1. The highest BCUT2D eigenvalue weighted by Gasteiger charge is 2.34. The second-order valence-electron chi connectivity index (χ2n) is 3.41. The maximum absolute atomic E-state index is 10.6. The van der Waals surface area contributed by atoms with Crippen LogP contribution in [0.4, 0.5) is 0 Å². The van der Waals surface area contributed by atoms with Gasteiger partial charge in [-0.05, 0) is 12.8 Å². The van der Waals surface area contributed by atoms with Gasteiger partial charge in [0.25, 0.3) is 0 Å². The van der Waals surface area contributed by atoms with Gasteiger partial charge in [-0.2, -0.15) is 0 Å². The highest BCUT2D eigenvalue weighted by molar-refractivity contribution is 5.66. The molecule has 0 heterocycles. The van der Waals surface area contributed by atoms with Gasteiger partial charge in [-0.1, -0.05) is 0 Å². The van der Waals surface area contributed by atoms with Crippen LogP contribution in [0.5, 0.6) is 0 Å². The molecule has 1 saturated carbocycles. The molecule has 1 rings (SSSR count). The molecule has 0 radical (unpaired) electrons. The molecule has 1 unspecified atom stereocenters. The van der Waals surface area contributed by atoms with E-state index in [2.05, 4.69) is 0 Å². The van der Waals surface area contributed by atoms with Crippen molar-refractivity contribution in [1.29, 1.82) is 0 Å². The molecule has 0 saturated heterocycles. The first-order valence-corrected chi connectivity index (χ1v) is 4.18. The van der Waals surface area contributed by atoms with Crippen LogP contribution in [0.1, 0.15) is 32.6 Å². The second-order valence-corrected chi connectivity index (χ2v) is 3.41. The molecule has 12 heavy (non-hydrogen) atoms. The van der Waals surface area contributed by atoms with Gasteiger partial charge in [0, 0.05) is 19.8 Å². The Morgan fingerprint density at radius 2 is 2.42 bits per heavy atom. The normalized spacial score (nSPS) is 36.1. The van der Waals surface area contributed by atoms with Crippen LogP contribution in [-0.2, 0) is 9.53 Å². The van der Waals surface area contributed by atoms with E-state index in [1.54, 1.807) is 0 Å². The van der Waals surface area contributed by atoms with Crippen molar-refractivity contribution in [2.75, 3.05) is 0 Å². The zero-order valence-corrected chi connectivity index (χ0v) is 7.25. The van der Waals surface area contributed by atoms with Gasteiger partial charge in [0.2, 0.25) is 0 Å². The van der Waals surface area contributed by atoms with Crippen LogP contribution in [0, 0.1) is 0 Å². The van der Waals surface area contributed by atoms with Crippen molar-refractivity contribution in [3.8, 4) is 0 Å². The van der Waals surface area contributed by atoms with Crippen LogP contribution in [0.3, 0.4) is 0 Å². The molecule has 2 atom stereocenters. The van der Waals surface area contributed by atoms with Crippen LogP contribution in [0.15, 0.2) is 0 Å². The molecule has 1 aliphatic carbocycles. The molecule has 0 aromatic carbocycles. The predicted octanol–water partition coefficient (Wildman–Crippen LogP) is 0.139. The van der Waals surface area contributed by atoms with E-state index in [1.165, 1.54) is 6.92 Å². The third-order valence-corrected chi connectivity index (χ3v) is 2.07. The van der Waals surface area contributed by atoms with E-state index < -0.39 is 11.8 Å². The third kappa shape index (κ3) is 2.46. The van der Waals surface area contributed by atoms with Gasteiger partial charge in [0.05, 0.1) is 6.10 Å². The molecule has 0 spiro atoms. The van der Waals surface area contributed by atoms with Gasteiger partial charge in [0.1, 0.15) is 0 Å². The van der Waals surface area contributed by atoms with E-state index >= 15 is 0 Å². The van der Waals surface area contributed by atoms with Gasteiger partial charge >= 0.3 is 5.97 Å². The first kappa shape index (κ1) is 9.48. The lowest BCUT2D eigenvalue weighted by Crippen LogP contribution is -2.49. The Morgan fingerprint density at radius 3 is 2.92 bits per heavy atom. The summed E-state index contributed by atoms with van der Waals surface area (Å²) in [6, 6.07) is 0. The molecule has 0 aromatic rings. The molecule has 1 fully saturated rings. The van der Waals surface area contributed by atoms with Gasteiger partial charge in [-0.3, -0.25) is 10.5 Å². The minimum Gasteiger partial charge on any atom is -0.444 e.